The first-order valence-corrected chi connectivity index (χ1v) is 11.7. The highest BCUT2D eigenvalue weighted by Gasteiger charge is 2.24. The fourth-order valence-corrected chi connectivity index (χ4v) is 4.37. The van der Waals surface area contributed by atoms with Crippen LogP contribution in [0, 0.1) is 6.92 Å². The summed E-state index contributed by atoms with van der Waals surface area (Å²) >= 11 is 6.00. The summed E-state index contributed by atoms with van der Waals surface area (Å²) in [6, 6.07) is 23.3. The van der Waals surface area contributed by atoms with Crippen LogP contribution in [0.2, 0.25) is 5.02 Å². The summed E-state index contributed by atoms with van der Waals surface area (Å²) < 4.78 is 0. The third kappa shape index (κ3) is 4.67. The van der Waals surface area contributed by atoms with E-state index < -0.39 is 6.04 Å². The van der Waals surface area contributed by atoms with E-state index in [1.165, 1.54) is 5.56 Å². The second kappa shape index (κ2) is 9.67. The van der Waals surface area contributed by atoms with Crippen LogP contribution in [0.15, 0.2) is 85.2 Å². The molecule has 0 saturated carbocycles. The predicted molar refractivity (Wildman–Crippen MR) is 137 cm³/mol. The van der Waals surface area contributed by atoms with Crippen LogP contribution in [0.25, 0.3) is 22.2 Å². The lowest BCUT2D eigenvalue weighted by Gasteiger charge is -2.18. The predicted octanol–water partition coefficient (Wildman–Crippen LogP) is 6.28. The number of ketones is 1. The second-order valence-corrected chi connectivity index (χ2v) is 8.82. The van der Waals surface area contributed by atoms with E-state index in [1.54, 1.807) is 0 Å². The minimum atomic E-state index is -0.442. The number of Topliss-reactive ketones (excluding diaryl/α,β-unsaturated/α-hetero) is 1. The smallest absolute Gasteiger partial charge is 0.186 e. The third-order valence-electron chi connectivity index (χ3n) is 6.03. The van der Waals surface area contributed by atoms with Crippen molar-refractivity contribution in [3.63, 3.8) is 0 Å². The van der Waals surface area contributed by atoms with Gasteiger partial charge in [-0.15, -0.1) is 0 Å². The van der Waals surface area contributed by atoms with Crippen LogP contribution in [0.5, 0.6) is 0 Å². The van der Waals surface area contributed by atoms with Gasteiger partial charge in [-0.25, -0.2) is 4.98 Å². The van der Waals surface area contributed by atoms with E-state index >= 15 is 0 Å². The first-order valence-electron chi connectivity index (χ1n) is 11.3. The van der Waals surface area contributed by atoms with Crippen molar-refractivity contribution in [1.29, 1.82) is 0 Å². The Kier molecular flexibility index (Phi) is 6.30. The Balaban J connectivity index is 1.40. The number of rotatable bonds is 8. The standard InChI is InChI=1S/C28H25ClN4O/c1-18-31-17-26(33-18)21-9-12-23-24(16-32-25(23)15-21)28(34)27(20-5-3-2-4-6-20)30-14-13-19-7-10-22(29)11-8-19/h2-12,15-17,27,30,32H,13-14H2,1H3,(H,31,33)/t27-/m0/s1. The van der Waals surface area contributed by atoms with Crippen LogP contribution in [0.4, 0.5) is 0 Å². The molecule has 0 aliphatic heterocycles. The van der Waals surface area contributed by atoms with Gasteiger partial charge in [-0.05, 0) is 42.7 Å². The highest BCUT2D eigenvalue weighted by molar-refractivity contribution is 6.30. The molecule has 5 nitrogen and oxygen atoms in total. The lowest BCUT2D eigenvalue weighted by atomic mass is 9.96. The quantitative estimate of drug-likeness (QED) is 0.235. The zero-order valence-corrected chi connectivity index (χ0v) is 19.6. The van der Waals surface area contributed by atoms with Crippen molar-refractivity contribution in [2.24, 2.45) is 0 Å². The first kappa shape index (κ1) is 22.1. The van der Waals surface area contributed by atoms with Crippen molar-refractivity contribution in [3.05, 3.63) is 113 Å². The van der Waals surface area contributed by atoms with Gasteiger partial charge in [-0.2, -0.15) is 0 Å². The molecular weight excluding hydrogens is 444 g/mol. The topological polar surface area (TPSA) is 73.6 Å². The van der Waals surface area contributed by atoms with Crippen molar-refractivity contribution in [3.8, 4) is 11.3 Å². The Morgan fingerprint density at radius 1 is 1.06 bits per heavy atom. The number of nitrogens with zero attached hydrogens (tertiary/aromatic N) is 1. The van der Waals surface area contributed by atoms with Gasteiger partial charge in [0.15, 0.2) is 5.78 Å². The summed E-state index contributed by atoms with van der Waals surface area (Å²) in [5.74, 6) is 0.909. The monoisotopic (exact) mass is 468 g/mol. The molecule has 5 rings (SSSR count). The van der Waals surface area contributed by atoms with Crippen LogP contribution in [-0.4, -0.2) is 27.3 Å². The van der Waals surface area contributed by atoms with E-state index in [-0.39, 0.29) is 5.78 Å². The molecular formula is C28H25ClN4O. The number of carbonyl (C=O) groups excluding carboxylic acids is 1. The number of aromatic nitrogens is 3. The van der Waals surface area contributed by atoms with E-state index in [0.29, 0.717) is 12.1 Å². The molecule has 0 saturated heterocycles. The minimum Gasteiger partial charge on any atom is -0.360 e. The second-order valence-electron chi connectivity index (χ2n) is 8.38. The van der Waals surface area contributed by atoms with E-state index in [1.807, 2.05) is 92.1 Å². The van der Waals surface area contributed by atoms with Crippen LogP contribution in [-0.2, 0) is 6.42 Å². The van der Waals surface area contributed by atoms with Crippen molar-refractivity contribution >= 4 is 28.3 Å². The number of benzene rings is 3. The van der Waals surface area contributed by atoms with E-state index in [2.05, 4.69) is 20.3 Å². The van der Waals surface area contributed by atoms with Gasteiger partial charge in [0.1, 0.15) is 5.82 Å². The van der Waals surface area contributed by atoms with Crippen molar-refractivity contribution in [1.82, 2.24) is 20.3 Å². The van der Waals surface area contributed by atoms with Crippen LogP contribution < -0.4 is 5.32 Å². The Morgan fingerprint density at radius 2 is 1.85 bits per heavy atom. The zero-order chi connectivity index (χ0) is 23.5. The molecule has 0 amide bonds. The average Bonchev–Trinajstić information content (AvgIpc) is 3.49. The average molecular weight is 469 g/mol. The maximum absolute atomic E-state index is 13.7. The molecule has 0 aliphatic rings. The maximum atomic E-state index is 13.7. The SMILES string of the molecule is Cc1ncc(-c2ccc3c(C(=O)[C@@H](NCCc4ccc(Cl)cc4)c4ccccc4)c[nH]c3c2)[nH]1. The number of aryl methyl sites for hydroxylation is 1. The molecule has 34 heavy (non-hydrogen) atoms. The Labute approximate surface area is 203 Å². The summed E-state index contributed by atoms with van der Waals surface area (Å²) in [4.78, 5) is 24.6. The number of halogens is 1. The number of hydrogen-bond acceptors (Lipinski definition) is 3. The molecule has 0 fully saturated rings. The van der Waals surface area contributed by atoms with Crippen molar-refractivity contribution in [2.45, 2.75) is 19.4 Å². The Morgan fingerprint density at radius 3 is 2.59 bits per heavy atom. The van der Waals surface area contributed by atoms with Crippen LogP contribution in [0.1, 0.15) is 33.4 Å². The molecule has 0 spiro atoms. The summed E-state index contributed by atoms with van der Waals surface area (Å²) in [5.41, 5.74) is 5.69. The number of carbonyl (C=O) groups is 1. The number of H-pyrrole nitrogens is 2. The first-order chi connectivity index (χ1) is 16.6. The summed E-state index contributed by atoms with van der Waals surface area (Å²) in [5, 5.41) is 5.11. The van der Waals surface area contributed by atoms with Crippen molar-refractivity contribution < 1.29 is 4.79 Å². The maximum Gasteiger partial charge on any atom is 0.186 e. The highest BCUT2D eigenvalue weighted by Crippen LogP contribution is 2.28. The van der Waals surface area contributed by atoms with Crippen LogP contribution in [0.3, 0.4) is 0 Å². The van der Waals surface area contributed by atoms with E-state index in [9.17, 15) is 4.79 Å². The Bertz CT molecular complexity index is 1420. The van der Waals surface area contributed by atoms with Gasteiger partial charge in [0, 0.05) is 39.8 Å². The zero-order valence-electron chi connectivity index (χ0n) is 18.8. The molecule has 5 aromatic rings. The van der Waals surface area contributed by atoms with Gasteiger partial charge < -0.3 is 15.3 Å². The number of nitrogens with one attached hydrogen (secondary N) is 3. The number of imidazole rings is 1. The molecule has 0 radical (unpaired) electrons. The number of fused-ring (bicyclic) bond motifs is 1. The molecule has 6 heteroatoms. The van der Waals surface area contributed by atoms with Gasteiger partial charge in [-0.3, -0.25) is 4.79 Å². The van der Waals surface area contributed by atoms with Crippen molar-refractivity contribution in [2.75, 3.05) is 6.54 Å². The van der Waals surface area contributed by atoms with Gasteiger partial charge in [-0.1, -0.05) is 66.2 Å². The highest BCUT2D eigenvalue weighted by atomic mass is 35.5. The fraction of sp³-hybridized carbons (Fsp3) is 0.143. The lowest BCUT2D eigenvalue weighted by Crippen LogP contribution is -2.30. The van der Waals surface area contributed by atoms with Gasteiger partial charge in [0.05, 0.1) is 17.9 Å². The molecule has 3 aromatic carbocycles. The molecule has 0 aliphatic carbocycles. The summed E-state index contributed by atoms with van der Waals surface area (Å²) in [6.45, 7) is 2.59. The van der Waals surface area contributed by atoms with Gasteiger partial charge in [0.2, 0.25) is 0 Å². The van der Waals surface area contributed by atoms with Gasteiger partial charge >= 0.3 is 0 Å². The fourth-order valence-electron chi connectivity index (χ4n) is 4.24. The summed E-state index contributed by atoms with van der Waals surface area (Å²) in [7, 11) is 0. The molecule has 1 atom stereocenters. The molecule has 0 bridgehead atoms. The molecule has 2 aromatic heterocycles. The molecule has 3 N–H and O–H groups in total. The van der Waals surface area contributed by atoms with Gasteiger partial charge in [0.25, 0.3) is 0 Å². The number of aromatic amines is 2. The summed E-state index contributed by atoms with van der Waals surface area (Å²) in [6.07, 6.45) is 4.43. The molecule has 170 valence electrons. The van der Waals surface area contributed by atoms with E-state index in [4.69, 9.17) is 11.6 Å². The lowest BCUT2D eigenvalue weighted by molar-refractivity contribution is 0.0945. The third-order valence-corrected chi connectivity index (χ3v) is 6.28. The normalized spacial score (nSPS) is 12.2. The Hall–Kier alpha value is -3.67. The van der Waals surface area contributed by atoms with E-state index in [0.717, 1.165) is 45.0 Å². The van der Waals surface area contributed by atoms with Crippen LogP contribution >= 0.6 is 11.6 Å². The largest absolute Gasteiger partial charge is 0.360 e. The molecule has 2 heterocycles. The minimum absolute atomic E-state index is 0.0405. The number of hydrogen-bond donors (Lipinski definition) is 3. The molecule has 0 unspecified atom stereocenters.